The van der Waals surface area contributed by atoms with E-state index in [9.17, 15) is 0 Å². The van der Waals surface area contributed by atoms with Crippen molar-refractivity contribution in [3.05, 3.63) is 54.1 Å². The van der Waals surface area contributed by atoms with Crippen LogP contribution in [0.5, 0.6) is 0 Å². The third-order valence-electron chi connectivity index (χ3n) is 4.78. The second-order valence-corrected chi connectivity index (χ2v) is 6.81. The largest absolute Gasteiger partial charge is 0.355 e. The Bertz CT molecular complexity index is 662. The number of guanidine groups is 1. The summed E-state index contributed by atoms with van der Waals surface area (Å²) in [7, 11) is 1.80. The highest BCUT2D eigenvalue weighted by atomic mass is 127. The maximum atomic E-state index is 4.28. The van der Waals surface area contributed by atoms with Crippen molar-refractivity contribution in [2.75, 3.05) is 26.7 Å². The van der Waals surface area contributed by atoms with E-state index in [2.05, 4.69) is 49.8 Å². The van der Waals surface area contributed by atoms with E-state index < -0.39 is 0 Å². The zero-order valence-corrected chi connectivity index (χ0v) is 18.4. The number of aliphatic imine (C=N–C) groups is 1. The average Bonchev–Trinajstić information content (AvgIpc) is 3.20. The van der Waals surface area contributed by atoms with Crippen molar-refractivity contribution in [2.24, 2.45) is 4.99 Å². The first-order chi connectivity index (χ1) is 12.8. The number of nitrogens with zero attached hydrogens (tertiary/aromatic N) is 4. The molecule has 1 aliphatic heterocycles. The van der Waals surface area contributed by atoms with Gasteiger partial charge in [0.2, 0.25) is 0 Å². The van der Waals surface area contributed by atoms with Gasteiger partial charge < -0.3 is 15.2 Å². The van der Waals surface area contributed by atoms with E-state index in [0.29, 0.717) is 0 Å². The zero-order chi connectivity index (χ0) is 18.0. The van der Waals surface area contributed by atoms with Gasteiger partial charge in [-0.15, -0.1) is 24.0 Å². The highest BCUT2D eigenvalue weighted by Gasteiger charge is 2.10. The Labute approximate surface area is 179 Å². The van der Waals surface area contributed by atoms with Gasteiger partial charge in [-0.2, -0.15) is 0 Å². The second-order valence-electron chi connectivity index (χ2n) is 6.81. The van der Waals surface area contributed by atoms with Crippen LogP contribution in [0.3, 0.4) is 0 Å². The smallest absolute Gasteiger partial charge is 0.191 e. The fourth-order valence-electron chi connectivity index (χ4n) is 3.27. The number of rotatable bonds is 7. The van der Waals surface area contributed by atoms with Crippen molar-refractivity contribution in [3.63, 3.8) is 0 Å². The minimum Gasteiger partial charge on any atom is -0.355 e. The molecule has 0 amide bonds. The van der Waals surface area contributed by atoms with Gasteiger partial charge in [0.25, 0.3) is 0 Å². The maximum Gasteiger partial charge on any atom is 0.191 e. The standard InChI is InChI=1S/C20H30N6.HI/c1-21-20(23-10-14-26-13-9-22-17-26)24-15-18-5-7-19(8-6-18)16-25-11-3-2-4-12-25;/h5-9,13,17H,2-4,10-12,14-16H2,1H3,(H2,21,23,24);1H. The molecule has 2 aromatic rings. The molecule has 2 heterocycles. The van der Waals surface area contributed by atoms with Gasteiger partial charge in [-0.3, -0.25) is 9.89 Å². The van der Waals surface area contributed by atoms with Gasteiger partial charge in [0.1, 0.15) is 0 Å². The molecule has 1 aromatic carbocycles. The molecule has 148 valence electrons. The molecule has 2 N–H and O–H groups in total. The molecule has 0 unspecified atom stereocenters. The van der Waals surface area contributed by atoms with Crippen LogP contribution in [0.1, 0.15) is 30.4 Å². The Morgan fingerprint density at radius 2 is 1.81 bits per heavy atom. The highest BCUT2D eigenvalue weighted by Crippen LogP contribution is 2.13. The van der Waals surface area contributed by atoms with Crippen molar-refractivity contribution < 1.29 is 0 Å². The van der Waals surface area contributed by atoms with Crippen LogP contribution in [-0.4, -0.2) is 47.1 Å². The van der Waals surface area contributed by atoms with E-state index in [1.165, 1.54) is 43.5 Å². The maximum absolute atomic E-state index is 4.28. The Kier molecular flexibility index (Phi) is 9.61. The molecule has 1 saturated heterocycles. The third-order valence-corrected chi connectivity index (χ3v) is 4.78. The van der Waals surface area contributed by atoms with Crippen molar-refractivity contribution >= 4 is 29.9 Å². The van der Waals surface area contributed by atoms with Crippen LogP contribution in [0.25, 0.3) is 0 Å². The number of aromatic nitrogens is 2. The minimum absolute atomic E-state index is 0. The van der Waals surface area contributed by atoms with Crippen molar-refractivity contribution in [1.82, 2.24) is 25.1 Å². The normalized spacial score (nSPS) is 15.2. The van der Waals surface area contributed by atoms with Gasteiger partial charge in [-0.25, -0.2) is 4.98 Å². The van der Waals surface area contributed by atoms with E-state index >= 15 is 0 Å². The van der Waals surface area contributed by atoms with E-state index in [1.807, 2.05) is 17.1 Å². The number of piperidine rings is 1. The molecule has 0 spiro atoms. The summed E-state index contributed by atoms with van der Waals surface area (Å²) < 4.78 is 2.04. The lowest BCUT2D eigenvalue weighted by Crippen LogP contribution is -2.38. The molecule has 0 bridgehead atoms. The van der Waals surface area contributed by atoms with Crippen molar-refractivity contribution in [1.29, 1.82) is 0 Å². The predicted octanol–water partition coefficient (Wildman–Crippen LogP) is 2.85. The Morgan fingerprint density at radius 1 is 1.07 bits per heavy atom. The Balaban J connectivity index is 0.00000261. The second kappa shape index (κ2) is 12.0. The number of halogens is 1. The van der Waals surface area contributed by atoms with Crippen LogP contribution < -0.4 is 10.6 Å². The van der Waals surface area contributed by atoms with E-state index in [4.69, 9.17) is 0 Å². The van der Waals surface area contributed by atoms with Crippen LogP contribution >= 0.6 is 24.0 Å². The van der Waals surface area contributed by atoms with E-state index in [-0.39, 0.29) is 24.0 Å². The van der Waals surface area contributed by atoms with Crippen LogP contribution in [-0.2, 0) is 19.6 Å². The lowest BCUT2D eigenvalue weighted by Gasteiger charge is -2.26. The summed E-state index contributed by atoms with van der Waals surface area (Å²) in [5.41, 5.74) is 2.67. The fraction of sp³-hybridized carbons (Fsp3) is 0.500. The van der Waals surface area contributed by atoms with E-state index in [1.54, 1.807) is 13.2 Å². The minimum atomic E-state index is 0. The first kappa shape index (κ1) is 21.7. The lowest BCUT2D eigenvalue weighted by atomic mass is 10.1. The number of benzene rings is 1. The molecule has 1 aromatic heterocycles. The SMILES string of the molecule is CN=C(NCCn1ccnc1)NCc1ccc(CN2CCCCC2)cc1.I. The summed E-state index contributed by atoms with van der Waals surface area (Å²) >= 11 is 0. The predicted molar refractivity (Wildman–Crippen MR) is 121 cm³/mol. The number of likely N-dealkylation sites (tertiary alicyclic amines) is 1. The lowest BCUT2D eigenvalue weighted by molar-refractivity contribution is 0.221. The molecular weight excluding hydrogens is 451 g/mol. The zero-order valence-electron chi connectivity index (χ0n) is 16.1. The number of hydrogen-bond donors (Lipinski definition) is 2. The summed E-state index contributed by atoms with van der Waals surface area (Å²) in [5, 5.41) is 6.70. The molecule has 0 radical (unpaired) electrons. The first-order valence-corrected chi connectivity index (χ1v) is 9.54. The van der Waals surface area contributed by atoms with Gasteiger partial charge in [0.15, 0.2) is 5.96 Å². The van der Waals surface area contributed by atoms with Gasteiger partial charge >= 0.3 is 0 Å². The summed E-state index contributed by atoms with van der Waals surface area (Å²) in [6, 6.07) is 8.93. The summed E-state index contributed by atoms with van der Waals surface area (Å²) in [5.74, 6) is 0.822. The number of nitrogens with one attached hydrogen (secondary N) is 2. The molecule has 1 aliphatic rings. The monoisotopic (exact) mass is 482 g/mol. The quantitative estimate of drug-likeness (QED) is 0.362. The number of imidazole rings is 1. The number of hydrogen-bond acceptors (Lipinski definition) is 3. The van der Waals surface area contributed by atoms with Gasteiger partial charge in [-0.1, -0.05) is 30.7 Å². The fourth-order valence-corrected chi connectivity index (χ4v) is 3.27. The van der Waals surface area contributed by atoms with Crippen LogP contribution in [0.2, 0.25) is 0 Å². The molecule has 0 saturated carbocycles. The highest BCUT2D eigenvalue weighted by molar-refractivity contribution is 14.0. The van der Waals surface area contributed by atoms with Crippen LogP contribution in [0.4, 0.5) is 0 Å². The molecule has 1 fully saturated rings. The van der Waals surface area contributed by atoms with Gasteiger partial charge in [0, 0.05) is 45.6 Å². The molecule has 0 atom stereocenters. The molecule has 3 rings (SSSR count). The molecule has 6 nitrogen and oxygen atoms in total. The summed E-state index contributed by atoms with van der Waals surface area (Å²) in [4.78, 5) is 10.9. The first-order valence-electron chi connectivity index (χ1n) is 9.54. The molecule has 0 aliphatic carbocycles. The van der Waals surface area contributed by atoms with Crippen LogP contribution in [0, 0.1) is 0 Å². The Morgan fingerprint density at radius 3 is 2.48 bits per heavy atom. The van der Waals surface area contributed by atoms with E-state index in [0.717, 1.165) is 32.1 Å². The van der Waals surface area contributed by atoms with Gasteiger partial charge in [0.05, 0.1) is 6.33 Å². The summed E-state index contributed by atoms with van der Waals surface area (Å²) in [6.45, 7) is 6.01. The third kappa shape index (κ3) is 7.50. The Hall–Kier alpha value is -1.61. The topological polar surface area (TPSA) is 57.5 Å². The molecule has 27 heavy (non-hydrogen) atoms. The molecular formula is C20H31IN6. The van der Waals surface area contributed by atoms with Gasteiger partial charge in [-0.05, 0) is 37.1 Å². The molecule has 7 heteroatoms. The van der Waals surface area contributed by atoms with Crippen molar-refractivity contribution in [3.8, 4) is 0 Å². The summed E-state index contributed by atoms with van der Waals surface area (Å²) in [6.07, 6.45) is 9.65. The average molecular weight is 482 g/mol. The van der Waals surface area contributed by atoms with Crippen molar-refractivity contribution in [2.45, 2.75) is 38.9 Å². The van der Waals surface area contributed by atoms with Crippen LogP contribution in [0.15, 0.2) is 48.0 Å².